The molecule has 0 aromatic rings. The number of ether oxygens (including phenoxy) is 1. The Bertz CT molecular complexity index is 289. The summed E-state index contributed by atoms with van der Waals surface area (Å²) < 4.78 is 34.1. The zero-order valence-corrected chi connectivity index (χ0v) is 14.6. The van der Waals surface area contributed by atoms with Crippen LogP contribution in [0.5, 0.6) is 0 Å². The van der Waals surface area contributed by atoms with E-state index in [9.17, 15) is 13.2 Å². The molecule has 1 N–H and O–H groups in total. The van der Waals surface area contributed by atoms with E-state index in [2.05, 4.69) is 0 Å². The van der Waals surface area contributed by atoms with Crippen LogP contribution in [0.2, 0.25) is 0 Å². The zero-order valence-electron chi connectivity index (χ0n) is 10.6. The SMILES string of the molecule is CCCC(=O)OCCCCCCS(=O)(=O)O.[K]. The van der Waals surface area contributed by atoms with E-state index in [-0.39, 0.29) is 63.1 Å². The van der Waals surface area contributed by atoms with E-state index in [1.807, 2.05) is 6.92 Å². The van der Waals surface area contributed by atoms with E-state index in [1.165, 1.54) is 0 Å². The summed E-state index contributed by atoms with van der Waals surface area (Å²) >= 11 is 0. The molecule has 0 fully saturated rings. The number of unbranched alkanes of at least 4 members (excludes halogenated alkanes) is 3. The molecule has 0 spiro atoms. The van der Waals surface area contributed by atoms with Gasteiger partial charge in [0.05, 0.1) is 12.4 Å². The summed E-state index contributed by atoms with van der Waals surface area (Å²) in [5.74, 6) is -0.372. The van der Waals surface area contributed by atoms with E-state index in [4.69, 9.17) is 9.29 Å². The largest absolute Gasteiger partial charge is 0.466 e. The van der Waals surface area contributed by atoms with Crippen molar-refractivity contribution in [3.63, 3.8) is 0 Å². The van der Waals surface area contributed by atoms with Crippen molar-refractivity contribution in [3.8, 4) is 0 Å². The Labute approximate surface area is 146 Å². The number of hydrogen-bond acceptors (Lipinski definition) is 4. The summed E-state index contributed by atoms with van der Waals surface area (Å²) in [6.45, 7) is 2.31. The summed E-state index contributed by atoms with van der Waals surface area (Å²) in [6.07, 6.45) is 3.93. The van der Waals surface area contributed by atoms with Crippen LogP contribution in [0.3, 0.4) is 0 Å². The third kappa shape index (κ3) is 17.0. The van der Waals surface area contributed by atoms with Crippen LogP contribution in [-0.4, -0.2) is 82.7 Å². The summed E-state index contributed by atoms with van der Waals surface area (Å²) in [4.78, 5) is 10.9. The van der Waals surface area contributed by atoms with Crippen LogP contribution in [0, 0.1) is 0 Å². The van der Waals surface area contributed by atoms with Crippen molar-refractivity contribution < 1.29 is 22.5 Å². The summed E-state index contributed by atoms with van der Waals surface area (Å²) in [5.41, 5.74) is 0. The molecule has 0 aliphatic rings. The monoisotopic (exact) mass is 291 g/mol. The van der Waals surface area contributed by atoms with Gasteiger partial charge in [0.2, 0.25) is 0 Å². The van der Waals surface area contributed by atoms with Gasteiger partial charge in [0.15, 0.2) is 0 Å². The van der Waals surface area contributed by atoms with Crippen LogP contribution < -0.4 is 0 Å². The fourth-order valence-corrected chi connectivity index (χ4v) is 1.77. The average molecular weight is 291 g/mol. The Hall–Kier alpha value is 1.02. The fraction of sp³-hybridized carbons (Fsp3) is 0.900. The number of carbonyl (C=O) groups excluding carboxylic acids is 1. The van der Waals surface area contributed by atoms with E-state index in [0.29, 0.717) is 25.9 Å². The van der Waals surface area contributed by atoms with Crippen LogP contribution in [0.4, 0.5) is 0 Å². The second-order valence-electron chi connectivity index (χ2n) is 3.67. The van der Waals surface area contributed by atoms with E-state index < -0.39 is 10.1 Å². The number of carbonyl (C=O) groups is 1. The Morgan fingerprint density at radius 3 is 2.29 bits per heavy atom. The quantitative estimate of drug-likeness (QED) is 0.300. The average Bonchev–Trinajstić information content (AvgIpc) is 2.15. The van der Waals surface area contributed by atoms with Crippen LogP contribution in [0.1, 0.15) is 45.4 Å². The first kappa shape index (κ1) is 20.3. The number of esters is 1. The summed E-state index contributed by atoms with van der Waals surface area (Å²) in [5, 5.41) is 0. The van der Waals surface area contributed by atoms with Gasteiger partial charge in [0.1, 0.15) is 0 Å². The molecule has 0 aliphatic heterocycles. The maximum Gasteiger partial charge on any atom is 0.305 e. The van der Waals surface area contributed by atoms with E-state index >= 15 is 0 Å². The van der Waals surface area contributed by atoms with Crippen LogP contribution in [-0.2, 0) is 19.6 Å². The zero-order chi connectivity index (χ0) is 12.4. The third-order valence-corrected chi connectivity index (χ3v) is 2.82. The van der Waals surface area contributed by atoms with E-state index in [0.717, 1.165) is 19.3 Å². The van der Waals surface area contributed by atoms with Gasteiger partial charge in [-0.05, 0) is 19.3 Å². The minimum atomic E-state index is -3.82. The van der Waals surface area contributed by atoms with Gasteiger partial charge in [0.25, 0.3) is 10.1 Å². The third-order valence-electron chi connectivity index (χ3n) is 2.01. The molecule has 0 saturated carbocycles. The standard InChI is InChI=1S/C10H20O5S.K/c1-2-7-10(11)15-8-5-3-4-6-9-16(12,13)14;/h2-9H2,1H3,(H,12,13,14);. The predicted octanol–water partition coefficient (Wildman–Crippen LogP) is 1.40. The van der Waals surface area contributed by atoms with Gasteiger partial charge >= 0.3 is 5.97 Å². The molecule has 0 amide bonds. The molecule has 7 heteroatoms. The van der Waals surface area contributed by atoms with Gasteiger partial charge in [0, 0.05) is 57.8 Å². The molecule has 0 rings (SSSR count). The molecule has 1 radical (unpaired) electrons. The van der Waals surface area contributed by atoms with Crippen LogP contribution in [0.15, 0.2) is 0 Å². The maximum atomic E-state index is 10.9. The first-order valence-electron chi connectivity index (χ1n) is 5.56. The smallest absolute Gasteiger partial charge is 0.305 e. The minimum absolute atomic E-state index is 0. The second-order valence-corrected chi connectivity index (χ2v) is 5.24. The van der Waals surface area contributed by atoms with Gasteiger partial charge in [-0.2, -0.15) is 8.42 Å². The van der Waals surface area contributed by atoms with Crippen molar-refractivity contribution in [1.29, 1.82) is 0 Å². The number of rotatable bonds is 9. The molecule has 0 bridgehead atoms. The van der Waals surface area contributed by atoms with Crippen molar-refractivity contribution >= 4 is 67.5 Å². The molecule has 0 unspecified atom stereocenters. The molecule has 17 heavy (non-hydrogen) atoms. The summed E-state index contributed by atoms with van der Waals surface area (Å²) in [7, 11) is -3.82. The van der Waals surface area contributed by atoms with Crippen molar-refractivity contribution in [3.05, 3.63) is 0 Å². The molecule has 0 heterocycles. The Kier molecular flexibility index (Phi) is 14.4. The van der Waals surface area contributed by atoms with E-state index in [1.54, 1.807) is 0 Å². The number of hydrogen-bond donors (Lipinski definition) is 1. The molecule has 0 saturated heterocycles. The van der Waals surface area contributed by atoms with Gasteiger partial charge in [-0.15, -0.1) is 0 Å². The maximum absolute atomic E-state index is 10.9. The van der Waals surface area contributed by atoms with Crippen molar-refractivity contribution in [2.45, 2.75) is 45.4 Å². The van der Waals surface area contributed by atoms with Crippen LogP contribution in [0.25, 0.3) is 0 Å². The van der Waals surface area contributed by atoms with Crippen molar-refractivity contribution in [2.24, 2.45) is 0 Å². The fourth-order valence-electron chi connectivity index (χ4n) is 1.20. The van der Waals surface area contributed by atoms with Gasteiger partial charge < -0.3 is 4.74 Å². The molecule has 5 nitrogen and oxygen atoms in total. The van der Waals surface area contributed by atoms with Crippen molar-refractivity contribution in [2.75, 3.05) is 12.4 Å². The van der Waals surface area contributed by atoms with Gasteiger partial charge in [-0.1, -0.05) is 19.8 Å². The normalized spacial score (nSPS) is 10.7. The van der Waals surface area contributed by atoms with Gasteiger partial charge in [-0.3, -0.25) is 9.35 Å². The molecule has 0 aliphatic carbocycles. The molecule has 0 aromatic carbocycles. The molecule has 97 valence electrons. The molecule has 0 atom stereocenters. The predicted molar refractivity (Wildman–Crippen MR) is 66.5 cm³/mol. The van der Waals surface area contributed by atoms with Crippen molar-refractivity contribution in [1.82, 2.24) is 0 Å². The van der Waals surface area contributed by atoms with Crippen LogP contribution >= 0.6 is 0 Å². The second kappa shape index (κ2) is 12.1. The Morgan fingerprint density at radius 2 is 1.76 bits per heavy atom. The Morgan fingerprint density at radius 1 is 1.18 bits per heavy atom. The first-order chi connectivity index (χ1) is 7.45. The molecular weight excluding hydrogens is 271 g/mol. The summed E-state index contributed by atoms with van der Waals surface area (Å²) in [6, 6.07) is 0. The van der Waals surface area contributed by atoms with Gasteiger partial charge in [-0.25, -0.2) is 0 Å². The first-order valence-corrected chi connectivity index (χ1v) is 7.17. The Balaban J connectivity index is 0. The topological polar surface area (TPSA) is 80.7 Å². The molecular formula is C10H20KO5S. The minimum Gasteiger partial charge on any atom is -0.466 e. The molecule has 0 aromatic heterocycles.